The molecule has 0 spiro atoms. The molecule has 3 heterocycles. The third-order valence-corrected chi connectivity index (χ3v) is 5.35. The minimum absolute atomic E-state index is 0.194. The van der Waals surface area contributed by atoms with Crippen LogP contribution in [0.2, 0.25) is 0 Å². The van der Waals surface area contributed by atoms with E-state index in [4.69, 9.17) is 9.47 Å². The van der Waals surface area contributed by atoms with E-state index in [0.29, 0.717) is 35.3 Å². The van der Waals surface area contributed by atoms with Gasteiger partial charge in [0.25, 0.3) is 0 Å². The number of likely N-dealkylation sites (N-methyl/N-ethyl adjacent to an activating group) is 1. The van der Waals surface area contributed by atoms with Crippen LogP contribution in [0.5, 0.6) is 11.6 Å². The number of halogens is 1. The third kappa shape index (κ3) is 5.20. The van der Waals surface area contributed by atoms with Crippen LogP contribution in [-0.4, -0.2) is 57.8 Å². The fourth-order valence-electron chi connectivity index (χ4n) is 3.52. The molecule has 0 saturated heterocycles. The molecule has 0 saturated carbocycles. The molecule has 3 aromatic heterocycles. The Hall–Kier alpha value is -3.72. The molecule has 0 aliphatic rings. The number of nitrogens with one attached hydrogen (secondary N) is 1. The van der Waals surface area contributed by atoms with Crippen molar-refractivity contribution in [1.29, 1.82) is 0 Å². The lowest BCUT2D eigenvalue weighted by Crippen LogP contribution is -2.28. The van der Waals surface area contributed by atoms with Gasteiger partial charge in [0.05, 0.1) is 12.8 Å². The lowest BCUT2D eigenvalue weighted by Gasteiger charge is -2.17. The maximum atomic E-state index is 14.2. The van der Waals surface area contributed by atoms with Gasteiger partial charge in [0.1, 0.15) is 6.61 Å². The number of methoxy groups -OCH3 is 1. The summed E-state index contributed by atoms with van der Waals surface area (Å²) in [6.07, 6.45) is 1.68. The standard InChI is InChI=1S/C24H27FN6O2/c1-4-30(5-2)13-14-33-23-16-18(11-12-26-23)27-24-28-22-8-6-7-20(31(22)29-24)17-9-10-21(32-3)19(25)15-17/h6-12,15-16H,4-5,13-14H2,1-3H3,(H,26,27,29). The number of anilines is 2. The zero-order valence-corrected chi connectivity index (χ0v) is 19.0. The summed E-state index contributed by atoms with van der Waals surface area (Å²) in [5, 5.41) is 7.76. The van der Waals surface area contributed by atoms with Crippen molar-refractivity contribution < 1.29 is 13.9 Å². The topological polar surface area (TPSA) is 76.8 Å². The SMILES string of the molecule is CCN(CC)CCOc1cc(Nc2nc3cccc(-c4ccc(OC)c(F)c4)n3n2)ccn1. The first-order chi connectivity index (χ1) is 16.1. The summed E-state index contributed by atoms with van der Waals surface area (Å²) >= 11 is 0. The average molecular weight is 451 g/mol. The minimum atomic E-state index is -0.434. The molecule has 0 unspecified atom stereocenters. The van der Waals surface area contributed by atoms with Crippen LogP contribution < -0.4 is 14.8 Å². The van der Waals surface area contributed by atoms with Gasteiger partial charge in [-0.25, -0.2) is 13.9 Å². The number of fused-ring (bicyclic) bond motifs is 1. The van der Waals surface area contributed by atoms with Gasteiger partial charge in [-0.3, -0.25) is 0 Å². The van der Waals surface area contributed by atoms with Crippen molar-refractivity contribution in [1.82, 2.24) is 24.5 Å². The van der Waals surface area contributed by atoms with E-state index < -0.39 is 5.82 Å². The molecule has 172 valence electrons. The van der Waals surface area contributed by atoms with Crippen LogP contribution in [0, 0.1) is 5.82 Å². The van der Waals surface area contributed by atoms with Crippen molar-refractivity contribution in [3.8, 4) is 22.9 Å². The van der Waals surface area contributed by atoms with Gasteiger partial charge in [0.15, 0.2) is 17.2 Å². The molecule has 0 atom stereocenters. The molecule has 0 aliphatic heterocycles. The Balaban J connectivity index is 1.52. The third-order valence-electron chi connectivity index (χ3n) is 5.35. The zero-order valence-electron chi connectivity index (χ0n) is 19.0. The Kier molecular flexibility index (Phi) is 6.99. The summed E-state index contributed by atoms with van der Waals surface area (Å²) in [5.74, 6) is 0.706. The number of nitrogens with zero attached hydrogens (tertiary/aromatic N) is 5. The fraction of sp³-hybridized carbons (Fsp3) is 0.292. The number of ether oxygens (including phenoxy) is 2. The van der Waals surface area contributed by atoms with Gasteiger partial charge in [-0.05, 0) is 49.5 Å². The number of rotatable bonds is 10. The zero-order chi connectivity index (χ0) is 23.2. The van der Waals surface area contributed by atoms with Gasteiger partial charge in [0.2, 0.25) is 11.8 Å². The summed E-state index contributed by atoms with van der Waals surface area (Å²) in [7, 11) is 1.44. The first kappa shape index (κ1) is 22.5. The second-order valence-electron chi connectivity index (χ2n) is 7.35. The molecule has 0 amide bonds. The Bertz CT molecular complexity index is 1220. The first-order valence-electron chi connectivity index (χ1n) is 10.9. The Morgan fingerprint density at radius 1 is 1.09 bits per heavy atom. The highest BCUT2D eigenvalue weighted by Crippen LogP contribution is 2.26. The van der Waals surface area contributed by atoms with Crippen molar-refractivity contribution in [2.45, 2.75) is 13.8 Å². The van der Waals surface area contributed by atoms with Gasteiger partial charge in [-0.1, -0.05) is 19.9 Å². The highest BCUT2D eigenvalue weighted by Gasteiger charge is 2.12. The van der Waals surface area contributed by atoms with E-state index in [1.54, 1.807) is 22.8 Å². The van der Waals surface area contributed by atoms with Crippen LogP contribution >= 0.6 is 0 Å². The number of aromatic nitrogens is 4. The molecule has 0 bridgehead atoms. The summed E-state index contributed by atoms with van der Waals surface area (Å²) in [6, 6.07) is 14.0. The van der Waals surface area contributed by atoms with Crippen LogP contribution in [0.15, 0.2) is 54.7 Å². The second kappa shape index (κ2) is 10.3. The molecule has 9 heteroatoms. The highest BCUT2D eigenvalue weighted by atomic mass is 19.1. The molecule has 4 aromatic rings. The fourth-order valence-corrected chi connectivity index (χ4v) is 3.52. The molecule has 0 aliphatic carbocycles. The van der Waals surface area contributed by atoms with Crippen molar-refractivity contribution in [3.63, 3.8) is 0 Å². The predicted octanol–water partition coefficient (Wildman–Crippen LogP) is 4.40. The van der Waals surface area contributed by atoms with E-state index in [1.807, 2.05) is 30.3 Å². The number of benzene rings is 1. The summed E-state index contributed by atoms with van der Waals surface area (Å²) in [6.45, 7) is 7.64. The average Bonchev–Trinajstić information content (AvgIpc) is 3.24. The van der Waals surface area contributed by atoms with Crippen LogP contribution in [0.25, 0.3) is 16.9 Å². The largest absolute Gasteiger partial charge is 0.494 e. The molecule has 33 heavy (non-hydrogen) atoms. The molecule has 8 nitrogen and oxygen atoms in total. The Morgan fingerprint density at radius 3 is 2.70 bits per heavy atom. The van der Waals surface area contributed by atoms with Crippen molar-refractivity contribution in [2.75, 3.05) is 38.7 Å². The normalized spacial score (nSPS) is 11.2. The van der Waals surface area contributed by atoms with Crippen LogP contribution in [-0.2, 0) is 0 Å². The van der Waals surface area contributed by atoms with Crippen molar-refractivity contribution in [2.24, 2.45) is 0 Å². The van der Waals surface area contributed by atoms with Crippen LogP contribution in [0.1, 0.15) is 13.8 Å². The number of hydrogen-bond acceptors (Lipinski definition) is 7. The highest BCUT2D eigenvalue weighted by molar-refractivity contribution is 5.65. The first-order valence-corrected chi connectivity index (χ1v) is 10.9. The van der Waals surface area contributed by atoms with Crippen LogP contribution in [0.3, 0.4) is 0 Å². The minimum Gasteiger partial charge on any atom is -0.494 e. The summed E-state index contributed by atoms with van der Waals surface area (Å²) in [5.41, 5.74) is 2.78. The number of hydrogen-bond donors (Lipinski definition) is 1. The van der Waals surface area contributed by atoms with E-state index in [1.165, 1.54) is 13.2 Å². The lowest BCUT2D eigenvalue weighted by atomic mass is 10.1. The van der Waals surface area contributed by atoms with Crippen LogP contribution in [0.4, 0.5) is 16.0 Å². The van der Waals surface area contributed by atoms with E-state index in [-0.39, 0.29) is 5.75 Å². The summed E-state index contributed by atoms with van der Waals surface area (Å²) < 4.78 is 26.7. The van der Waals surface area contributed by atoms with Crippen molar-refractivity contribution in [3.05, 3.63) is 60.5 Å². The van der Waals surface area contributed by atoms with E-state index >= 15 is 0 Å². The number of pyridine rings is 2. The molecular formula is C24H27FN6O2. The van der Waals surface area contributed by atoms with Gasteiger partial charge in [0, 0.05) is 30.1 Å². The molecule has 0 fully saturated rings. The smallest absolute Gasteiger partial charge is 0.247 e. The monoisotopic (exact) mass is 450 g/mol. The maximum Gasteiger partial charge on any atom is 0.247 e. The van der Waals surface area contributed by atoms with Gasteiger partial charge in [-0.15, -0.1) is 5.10 Å². The quantitative estimate of drug-likeness (QED) is 0.384. The maximum absolute atomic E-state index is 14.2. The second-order valence-corrected chi connectivity index (χ2v) is 7.35. The molecule has 1 aromatic carbocycles. The Labute approximate surface area is 192 Å². The van der Waals surface area contributed by atoms with E-state index in [9.17, 15) is 4.39 Å². The predicted molar refractivity (Wildman–Crippen MR) is 126 cm³/mol. The molecule has 1 N–H and O–H groups in total. The molecule has 4 rings (SSSR count). The summed E-state index contributed by atoms with van der Waals surface area (Å²) in [4.78, 5) is 11.1. The van der Waals surface area contributed by atoms with E-state index in [2.05, 4.69) is 39.1 Å². The molecule has 0 radical (unpaired) electrons. The van der Waals surface area contributed by atoms with Gasteiger partial charge in [-0.2, -0.15) is 4.98 Å². The Morgan fingerprint density at radius 2 is 1.94 bits per heavy atom. The van der Waals surface area contributed by atoms with Crippen molar-refractivity contribution >= 4 is 17.3 Å². The van der Waals surface area contributed by atoms with Gasteiger partial charge < -0.3 is 19.7 Å². The molecular weight excluding hydrogens is 423 g/mol. The van der Waals surface area contributed by atoms with E-state index in [0.717, 1.165) is 25.3 Å². The van der Waals surface area contributed by atoms with Gasteiger partial charge >= 0.3 is 0 Å². The lowest BCUT2D eigenvalue weighted by molar-refractivity contribution is 0.218.